The van der Waals surface area contributed by atoms with Gasteiger partial charge in [-0.2, -0.15) is 0 Å². The Hall–Kier alpha value is -0.610. The van der Waals surface area contributed by atoms with Crippen molar-refractivity contribution in [1.82, 2.24) is 10.2 Å². The molecule has 96 valence electrons. The van der Waals surface area contributed by atoms with Gasteiger partial charge in [-0.1, -0.05) is 0 Å². The van der Waals surface area contributed by atoms with Crippen LogP contribution in [-0.4, -0.2) is 48.7 Å². The van der Waals surface area contributed by atoms with Gasteiger partial charge < -0.3 is 15.0 Å². The van der Waals surface area contributed by atoms with E-state index in [0.717, 1.165) is 39.0 Å². The molecular weight excluding hydrogens is 216 g/mol. The standard InChI is InChI=1S/C13H22N2O2/c16-13(9-10-3-2-6-14-10)15-7-8-17-12-5-1-4-11(12)15/h10-12,14H,1-9H2. The summed E-state index contributed by atoms with van der Waals surface area (Å²) in [6, 6.07) is 0.794. The fourth-order valence-corrected chi connectivity index (χ4v) is 3.49. The molecule has 2 saturated heterocycles. The Morgan fingerprint density at radius 2 is 2.24 bits per heavy atom. The smallest absolute Gasteiger partial charge is 0.224 e. The van der Waals surface area contributed by atoms with E-state index in [2.05, 4.69) is 10.2 Å². The van der Waals surface area contributed by atoms with Crippen molar-refractivity contribution in [2.24, 2.45) is 0 Å². The van der Waals surface area contributed by atoms with Crippen molar-refractivity contribution in [2.45, 2.75) is 56.7 Å². The number of rotatable bonds is 2. The van der Waals surface area contributed by atoms with Crippen LogP contribution in [0.2, 0.25) is 0 Å². The van der Waals surface area contributed by atoms with E-state index < -0.39 is 0 Å². The van der Waals surface area contributed by atoms with Gasteiger partial charge in [0.1, 0.15) is 0 Å². The topological polar surface area (TPSA) is 41.6 Å². The lowest BCUT2D eigenvalue weighted by Gasteiger charge is -2.38. The van der Waals surface area contributed by atoms with Crippen LogP contribution in [0.3, 0.4) is 0 Å². The fraction of sp³-hybridized carbons (Fsp3) is 0.923. The van der Waals surface area contributed by atoms with Gasteiger partial charge in [-0.3, -0.25) is 4.79 Å². The Balaban J connectivity index is 1.59. The number of nitrogens with zero attached hydrogens (tertiary/aromatic N) is 1. The van der Waals surface area contributed by atoms with Crippen LogP contribution in [0.1, 0.15) is 38.5 Å². The monoisotopic (exact) mass is 238 g/mol. The van der Waals surface area contributed by atoms with Crippen LogP contribution in [0, 0.1) is 0 Å². The molecule has 1 N–H and O–H groups in total. The fourth-order valence-electron chi connectivity index (χ4n) is 3.49. The largest absolute Gasteiger partial charge is 0.374 e. The molecule has 1 aliphatic carbocycles. The van der Waals surface area contributed by atoms with Gasteiger partial charge >= 0.3 is 0 Å². The molecule has 0 aromatic carbocycles. The quantitative estimate of drug-likeness (QED) is 0.777. The number of morpholine rings is 1. The molecule has 0 aromatic heterocycles. The van der Waals surface area contributed by atoms with E-state index in [-0.39, 0.29) is 0 Å². The van der Waals surface area contributed by atoms with E-state index in [0.29, 0.717) is 30.5 Å². The van der Waals surface area contributed by atoms with Gasteiger partial charge in [-0.15, -0.1) is 0 Å². The van der Waals surface area contributed by atoms with Crippen molar-refractivity contribution < 1.29 is 9.53 Å². The Labute approximate surface area is 103 Å². The third-order valence-corrected chi connectivity index (χ3v) is 4.39. The number of hydrogen-bond donors (Lipinski definition) is 1. The third kappa shape index (κ3) is 2.33. The second-order valence-electron chi connectivity index (χ2n) is 5.49. The lowest BCUT2D eigenvalue weighted by atomic mass is 10.1. The molecule has 3 fully saturated rings. The van der Waals surface area contributed by atoms with E-state index in [9.17, 15) is 4.79 Å². The predicted molar refractivity (Wildman–Crippen MR) is 64.7 cm³/mol. The van der Waals surface area contributed by atoms with E-state index in [1.165, 1.54) is 12.8 Å². The molecule has 3 unspecified atom stereocenters. The van der Waals surface area contributed by atoms with Crippen LogP contribution in [0.5, 0.6) is 0 Å². The lowest BCUT2D eigenvalue weighted by molar-refractivity contribution is -0.144. The van der Waals surface area contributed by atoms with Gasteiger partial charge in [0, 0.05) is 19.0 Å². The van der Waals surface area contributed by atoms with Crippen LogP contribution >= 0.6 is 0 Å². The minimum Gasteiger partial charge on any atom is -0.374 e. The SMILES string of the molecule is O=C(CC1CCCN1)N1CCOC2CCCC21. The zero-order valence-electron chi connectivity index (χ0n) is 10.4. The molecule has 1 amide bonds. The molecular formula is C13H22N2O2. The number of nitrogens with one attached hydrogen (secondary N) is 1. The molecule has 17 heavy (non-hydrogen) atoms. The minimum atomic E-state index is 0.323. The molecule has 0 aromatic rings. The maximum Gasteiger partial charge on any atom is 0.224 e. The lowest BCUT2D eigenvalue weighted by Crippen LogP contribution is -2.52. The summed E-state index contributed by atoms with van der Waals surface area (Å²) in [5, 5.41) is 3.41. The first-order chi connectivity index (χ1) is 8.34. The molecule has 2 aliphatic heterocycles. The van der Waals surface area contributed by atoms with Crippen LogP contribution < -0.4 is 5.32 Å². The number of ether oxygens (including phenoxy) is 1. The second kappa shape index (κ2) is 4.94. The molecule has 3 aliphatic rings. The predicted octanol–water partition coefficient (Wildman–Crippen LogP) is 0.908. The molecule has 0 radical (unpaired) electrons. The van der Waals surface area contributed by atoms with Gasteiger partial charge in [-0.25, -0.2) is 0 Å². The molecule has 3 atom stereocenters. The van der Waals surface area contributed by atoms with E-state index >= 15 is 0 Å². The van der Waals surface area contributed by atoms with Gasteiger partial charge in [0.05, 0.1) is 18.8 Å². The van der Waals surface area contributed by atoms with Crippen molar-refractivity contribution in [3.63, 3.8) is 0 Å². The summed E-state index contributed by atoms with van der Waals surface area (Å²) in [7, 11) is 0. The van der Waals surface area contributed by atoms with Gasteiger partial charge in [0.25, 0.3) is 0 Å². The molecule has 0 bridgehead atoms. The van der Waals surface area contributed by atoms with Crippen LogP contribution in [0.25, 0.3) is 0 Å². The molecule has 4 nitrogen and oxygen atoms in total. The Morgan fingerprint density at radius 3 is 3.06 bits per heavy atom. The van der Waals surface area contributed by atoms with Crippen molar-refractivity contribution in [1.29, 1.82) is 0 Å². The number of amides is 1. The minimum absolute atomic E-state index is 0.323. The number of hydrogen-bond acceptors (Lipinski definition) is 3. The first kappa shape index (κ1) is 11.5. The highest BCUT2D eigenvalue weighted by Gasteiger charge is 2.38. The average Bonchev–Trinajstić information content (AvgIpc) is 2.97. The molecule has 4 heteroatoms. The second-order valence-corrected chi connectivity index (χ2v) is 5.49. The molecule has 1 saturated carbocycles. The maximum atomic E-state index is 12.3. The van der Waals surface area contributed by atoms with Crippen molar-refractivity contribution in [3.8, 4) is 0 Å². The van der Waals surface area contributed by atoms with Crippen molar-refractivity contribution in [3.05, 3.63) is 0 Å². The van der Waals surface area contributed by atoms with Crippen molar-refractivity contribution in [2.75, 3.05) is 19.7 Å². The number of fused-ring (bicyclic) bond motifs is 1. The van der Waals surface area contributed by atoms with Gasteiger partial charge in [0.15, 0.2) is 0 Å². The van der Waals surface area contributed by atoms with E-state index in [1.54, 1.807) is 0 Å². The number of carbonyl (C=O) groups is 1. The van der Waals surface area contributed by atoms with E-state index in [4.69, 9.17) is 4.74 Å². The third-order valence-electron chi connectivity index (χ3n) is 4.39. The Kier molecular flexibility index (Phi) is 3.34. The summed E-state index contributed by atoms with van der Waals surface area (Å²) in [6.45, 7) is 2.60. The Bertz CT molecular complexity index is 289. The maximum absolute atomic E-state index is 12.3. The molecule has 2 heterocycles. The summed E-state index contributed by atoms with van der Waals surface area (Å²) < 4.78 is 5.74. The van der Waals surface area contributed by atoms with Crippen LogP contribution in [0.15, 0.2) is 0 Å². The number of carbonyl (C=O) groups excluding carboxylic acids is 1. The summed E-state index contributed by atoms with van der Waals surface area (Å²) >= 11 is 0. The summed E-state index contributed by atoms with van der Waals surface area (Å²) in [6.07, 6.45) is 6.86. The van der Waals surface area contributed by atoms with E-state index in [1.807, 2.05) is 0 Å². The van der Waals surface area contributed by atoms with Crippen molar-refractivity contribution >= 4 is 5.91 Å². The van der Waals surface area contributed by atoms with Gasteiger partial charge in [0.2, 0.25) is 5.91 Å². The average molecular weight is 238 g/mol. The summed E-state index contributed by atoms with van der Waals surface area (Å²) in [5.41, 5.74) is 0. The first-order valence-corrected chi connectivity index (χ1v) is 6.99. The summed E-state index contributed by atoms with van der Waals surface area (Å²) in [5.74, 6) is 0.338. The first-order valence-electron chi connectivity index (χ1n) is 6.99. The summed E-state index contributed by atoms with van der Waals surface area (Å²) in [4.78, 5) is 14.4. The highest BCUT2D eigenvalue weighted by atomic mass is 16.5. The highest BCUT2D eigenvalue weighted by Crippen LogP contribution is 2.30. The molecule has 0 spiro atoms. The van der Waals surface area contributed by atoms with Crippen LogP contribution in [-0.2, 0) is 9.53 Å². The Morgan fingerprint density at radius 1 is 1.29 bits per heavy atom. The molecule has 3 rings (SSSR count). The zero-order chi connectivity index (χ0) is 11.7. The van der Waals surface area contributed by atoms with Gasteiger partial charge in [-0.05, 0) is 38.6 Å². The van der Waals surface area contributed by atoms with Crippen LogP contribution in [0.4, 0.5) is 0 Å². The zero-order valence-corrected chi connectivity index (χ0v) is 10.4. The normalized spacial score (nSPS) is 37.2. The highest BCUT2D eigenvalue weighted by molar-refractivity contribution is 5.77.